The molecule has 0 aromatic heterocycles. The van der Waals surface area contributed by atoms with Crippen LogP contribution in [0.1, 0.15) is 36.0 Å². The van der Waals surface area contributed by atoms with Crippen molar-refractivity contribution >= 4 is 35.1 Å². The monoisotopic (exact) mass is 315 g/mol. The Kier molecular flexibility index (Phi) is 4.89. The van der Waals surface area contributed by atoms with Crippen molar-refractivity contribution in [3.63, 3.8) is 0 Å². The fourth-order valence-corrected chi connectivity index (χ4v) is 2.87. The number of benzene rings is 1. The van der Waals surface area contributed by atoms with Gasteiger partial charge in [-0.1, -0.05) is 23.2 Å². The predicted octanol–water partition coefficient (Wildman–Crippen LogP) is 3.46. The van der Waals surface area contributed by atoms with Gasteiger partial charge in [0.05, 0.1) is 17.0 Å². The van der Waals surface area contributed by atoms with E-state index >= 15 is 0 Å². The van der Waals surface area contributed by atoms with E-state index in [0.717, 1.165) is 12.8 Å². The Morgan fingerprint density at radius 3 is 2.75 bits per heavy atom. The lowest BCUT2D eigenvalue weighted by Gasteiger charge is -2.35. The van der Waals surface area contributed by atoms with Gasteiger partial charge in [-0.2, -0.15) is 0 Å². The van der Waals surface area contributed by atoms with Crippen molar-refractivity contribution in [3.05, 3.63) is 33.8 Å². The van der Waals surface area contributed by atoms with Crippen molar-refractivity contribution in [3.8, 4) is 0 Å². The highest BCUT2D eigenvalue weighted by Gasteiger charge is 2.30. The number of carboxylic acid groups (broad SMARTS) is 1. The first-order chi connectivity index (χ1) is 9.49. The molecule has 6 heteroatoms. The zero-order valence-corrected chi connectivity index (χ0v) is 12.3. The van der Waals surface area contributed by atoms with Gasteiger partial charge in [0.15, 0.2) is 0 Å². The lowest BCUT2D eigenvalue weighted by Crippen LogP contribution is -2.44. The second-order valence-corrected chi connectivity index (χ2v) is 5.71. The van der Waals surface area contributed by atoms with Gasteiger partial charge in [-0.05, 0) is 37.5 Å². The van der Waals surface area contributed by atoms with Crippen LogP contribution in [-0.4, -0.2) is 34.5 Å². The average Bonchev–Trinajstić information content (AvgIpc) is 2.41. The maximum atomic E-state index is 12.6. The molecule has 0 saturated carbocycles. The van der Waals surface area contributed by atoms with E-state index in [9.17, 15) is 9.59 Å². The smallest absolute Gasteiger partial charge is 0.305 e. The van der Waals surface area contributed by atoms with E-state index < -0.39 is 5.97 Å². The molecule has 0 aliphatic carbocycles. The van der Waals surface area contributed by atoms with Gasteiger partial charge in [0, 0.05) is 17.6 Å². The summed E-state index contributed by atoms with van der Waals surface area (Å²) in [6.45, 7) is 0.555. The summed E-state index contributed by atoms with van der Waals surface area (Å²) in [5.74, 6) is -1.14. The van der Waals surface area contributed by atoms with E-state index in [1.165, 1.54) is 6.07 Å². The maximum Gasteiger partial charge on any atom is 0.305 e. The minimum absolute atomic E-state index is 0.0378. The number of hydrogen-bond donors (Lipinski definition) is 1. The number of rotatable bonds is 3. The lowest BCUT2D eigenvalue weighted by atomic mass is 9.98. The first-order valence-electron chi connectivity index (χ1n) is 6.47. The van der Waals surface area contributed by atoms with Crippen LogP contribution in [0.3, 0.4) is 0 Å². The third-order valence-corrected chi connectivity index (χ3v) is 4.02. The zero-order valence-electron chi connectivity index (χ0n) is 10.8. The quantitative estimate of drug-likeness (QED) is 0.929. The van der Waals surface area contributed by atoms with Crippen LogP contribution in [0.25, 0.3) is 0 Å². The highest BCUT2D eigenvalue weighted by Crippen LogP contribution is 2.26. The zero-order chi connectivity index (χ0) is 14.7. The number of aliphatic carboxylic acids is 1. The Bertz CT molecular complexity index is 533. The van der Waals surface area contributed by atoms with E-state index in [1.54, 1.807) is 17.0 Å². The summed E-state index contributed by atoms with van der Waals surface area (Å²) in [7, 11) is 0. The van der Waals surface area contributed by atoms with Gasteiger partial charge in [-0.15, -0.1) is 0 Å². The molecule has 1 amide bonds. The molecule has 1 aromatic rings. The third kappa shape index (κ3) is 3.44. The number of hydrogen-bond acceptors (Lipinski definition) is 2. The highest BCUT2D eigenvalue weighted by molar-refractivity contribution is 6.35. The maximum absolute atomic E-state index is 12.6. The van der Waals surface area contributed by atoms with Crippen LogP contribution in [-0.2, 0) is 4.79 Å². The van der Waals surface area contributed by atoms with Crippen molar-refractivity contribution in [2.75, 3.05) is 6.54 Å². The topological polar surface area (TPSA) is 57.6 Å². The van der Waals surface area contributed by atoms with E-state index in [0.29, 0.717) is 28.6 Å². The summed E-state index contributed by atoms with van der Waals surface area (Å²) in [6, 6.07) is 4.45. The number of piperidine rings is 1. The summed E-state index contributed by atoms with van der Waals surface area (Å²) in [5, 5.41) is 9.72. The van der Waals surface area contributed by atoms with Crippen LogP contribution in [0.4, 0.5) is 0 Å². The van der Waals surface area contributed by atoms with Crippen LogP contribution in [0.5, 0.6) is 0 Å². The van der Waals surface area contributed by atoms with Crippen molar-refractivity contribution in [1.29, 1.82) is 0 Å². The third-order valence-electron chi connectivity index (χ3n) is 3.46. The second kappa shape index (κ2) is 6.46. The molecule has 2 rings (SSSR count). The van der Waals surface area contributed by atoms with Crippen molar-refractivity contribution in [1.82, 2.24) is 4.90 Å². The van der Waals surface area contributed by atoms with Gasteiger partial charge < -0.3 is 10.0 Å². The molecular weight excluding hydrogens is 301 g/mol. The summed E-state index contributed by atoms with van der Waals surface area (Å²) in [5.41, 5.74) is 0.330. The molecule has 1 fully saturated rings. The number of amides is 1. The first-order valence-corrected chi connectivity index (χ1v) is 7.22. The molecule has 0 bridgehead atoms. The SMILES string of the molecule is O=C(O)CC1CCCCN1C(=O)c1cc(Cl)ccc1Cl. The van der Waals surface area contributed by atoms with Crippen LogP contribution in [0, 0.1) is 0 Å². The number of carbonyl (C=O) groups is 2. The fraction of sp³-hybridized carbons (Fsp3) is 0.429. The summed E-state index contributed by atoms with van der Waals surface area (Å²) < 4.78 is 0. The molecule has 1 unspecified atom stereocenters. The molecule has 4 nitrogen and oxygen atoms in total. The number of nitrogens with zero attached hydrogens (tertiary/aromatic N) is 1. The Hall–Kier alpha value is -1.26. The number of carboxylic acids is 1. The Balaban J connectivity index is 2.25. The van der Waals surface area contributed by atoms with Crippen LogP contribution < -0.4 is 0 Å². The van der Waals surface area contributed by atoms with E-state index in [4.69, 9.17) is 28.3 Å². The van der Waals surface area contributed by atoms with Gasteiger partial charge in [0.1, 0.15) is 0 Å². The van der Waals surface area contributed by atoms with Gasteiger partial charge in [-0.3, -0.25) is 9.59 Å². The molecule has 1 aromatic carbocycles. The number of likely N-dealkylation sites (tertiary alicyclic amines) is 1. The molecule has 20 heavy (non-hydrogen) atoms. The summed E-state index contributed by atoms with van der Waals surface area (Å²) >= 11 is 11.9. The molecule has 0 radical (unpaired) electrons. The molecule has 0 spiro atoms. The molecule has 1 saturated heterocycles. The predicted molar refractivity (Wildman–Crippen MR) is 77.4 cm³/mol. The Morgan fingerprint density at radius 2 is 2.05 bits per heavy atom. The molecule has 1 aliphatic rings. The number of halogens is 2. The van der Waals surface area contributed by atoms with Gasteiger partial charge in [0.2, 0.25) is 0 Å². The van der Waals surface area contributed by atoms with Crippen molar-refractivity contribution < 1.29 is 14.7 Å². The van der Waals surface area contributed by atoms with Gasteiger partial charge in [-0.25, -0.2) is 0 Å². The summed E-state index contributed by atoms with van der Waals surface area (Å²) in [4.78, 5) is 25.1. The van der Waals surface area contributed by atoms with Crippen LogP contribution in [0.15, 0.2) is 18.2 Å². The molecule has 108 valence electrons. The first kappa shape index (κ1) is 15.1. The average molecular weight is 316 g/mol. The minimum atomic E-state index is -0.896. The minimum Gasteiger partial charge on any atom is -0.481 e. The number of carbonyl (C=O) groups excluding carboxylic acids is 1. The Morgan fingerprint density at radius 1 is 1.30 bits per heavy atom. The fourth-order valence-electron chi connectivity index (χ4n) is 2.50. The summed E-state index contributed by atoms with van der Waals surface area (Å²) in [6.07, 6.45) is 2.48. The standard InChI is InChI=1S/C14H15Cl2NO3/c15-9-4-5-12(16)11(7-9)14(20)17-6-2-1-3-10(17)8-13(18)19/h4-5,7,10H,1-3,6,8H2,(H,18,19). The second-order valence-electron chi connectivity index (χ2n) is 4.87. The van der Waals surface area contributed by atoms with E-state index in [1.807, 2.05) is 0 Å². The van der Waals surface area contributed by atoms with Crippen LogP contribution in [0.2, 0.25) is 10.0 Å². The van der Waals surface area contributed by atoms with Gasteiger partial charge >= 0.3 is 5.97 Å². The molecule has 1 atom stereocenters. The Labute approximate surface area is 127 Å². The molecule has 1 N–H and O–H groups in total. The highest BCUT2D eigenvalue weighted by atomic mass is 35.5. The molecule has 1 heterocycles. The van der Waals surface area contributed by atoms with Crippen molar-refractivity contribution in [2.24, 2.45) is 0 Å². The van der Waals surface area contributed by atoms with Crippen molar-refractivity contribution in [2.45, 2.75) is 31.7 Å². The molecular formula is C14H15Cl2NO3. The van der Waals surface area contributed by atoms with Crippen LogP contribution >= 0.6 is 23.2 Å². The van der Waals surface area contributed by atoms with E-state index in [-0.39, 0.29) is 18.4 Å². The van der Waals surface area contributed by atoms with Gasteiger partial charge in [0.25, 0.3) is 5.91 Å². The lowest BCUT2D eigenvalue weighted by molar-refractivity contribution is -0.138. The van der Waals surface area contributed by atoms with E-state index in [2.05, 4.69) is 0 Å². The normalized spacial score (nSPS) is 18.9. The molecule has 1 aliphatic heterocycles. The largest absolute Gasteiger partial charge is 0.481 e.